The molecule has 0 aromatic heterocycles. The van der Waals surface area contributed by atoms with Crippen molar-refractivity contribution in [1.82, 2.24) is 5.32 Å². The molecule has 0 heterocycles. The van der Waals surface area contributed by atoms with Crippen molar-refractivity contribution in [1.29, 1.82) is 0 Å². The molecule has 2 aromatic rings. The lowest BCUT2D eigenvalue weighted by atomic mass is 10.2. The molecule has 0 aliphatic heterocycles. The highest BCUT2D eigenvalue weighted by atomic mass is 79.9. The van der Waals surface area contributed by atoms with E-state index in [2.05, 4.69) is 28.2 Å². The molecule has 174 valence electrons. The van der Waals surface area contributed by atoms with Crippen LogP contribution in [0, 0.1) is 0 Å². The fourth-order valence-corrected chi connectivity index (χ4v) is 3.86. The lowest BCUT2D eigenvalue weighted by Crippen LogP contribution is -2.16. The Bertz CT molecular complexity index is 793. The van der Waals surface area contributed by atoms with E-state index in [1.54, 1.807) is 12.1 Å². The molecule has 0 atom stereocenters. The van der Waals surface area contributed by atoms with Crippen LogP contribution < -0.4 is 14.8 Å². The van der Waals surface area contributed by atoms with Crippen LogP contribution in [0.4, 0.5) is 0 Å². The van der Waals surface area contributed by atoms with E-state index in [9.17, 15) is 0 Å². The quantitative estimate of drug-likeness (QED) is 0.246. The van der Waals surface area contributed by atoms with Crippen LogP contribution >= 0.6 is 51.5 Å². The van der Waals surface area contributed by atoms with Crippen LogP contribution in [0.15, 0.2) is 34.8 Å². The maximum absolute atomic E-state index is 6.26. The van der Waals surface area contributed by atoms with Gasteiger partial charge in [-0.25, -0.2) is 0 Å². The Morgan fingerprint density at radius 1 is 1.00 bits per heavy atom. The molecule has 0 spiro atoms. The summed E-state index contributed by atoms with van der Waals surface area (Å²) in [6, 6.07) is 9.44. The van der Waals surface area contributed by atoms with Crippen LogP contribution in [0.1, 0.15) is 44.2 Å². The summed E-state index contributed by atoms with van der Waals surface area (Å²) in [7, 11) is 0. The largest absolute Gasteiger partial charge is 0.490 e. The third kappa shape index (κ3) is 10.2. The minimum Gasteiger partial charge on any atom is -0.490 e. The number of ether oxygens (including phenoxy) is 3. The lowest BCUT2D eigenvalue weighted by molar-refractivity contribution is 0.129. The molecule has 8 heteroatoms. The third-order valence-electron chi connectivity index (χ3n) is 4.37. The Balaban J connectivity index is 0.00000480. The normalized spacial score (nSPS) is 10.6. The maximum Gasteiger partial charge on any atom is 0.175 e. The van der Waals surface area contributed by atoms with Crippen molar-refractivity contribution in [2.45, 2.75) is 46.3 Å². The zero-order valence-electron chi connectivity index (χ0n) is 18.0. The Morgan fingerprint density at radius 3 is 2.48 bits per heavy atom. The summed E-state index contributed by atoms with van der Waals surface area (Å²) < 4.78 is 18.3. The second-order valence-corrected chi connectivity index (χ2v) is 8.56. The van der Waals surface area contributed by atoms with Crippen molar-refractivity contribution in [3.63, 3.8) is 0 Å². The average molecular weight is 556 g/mol. The van der Waals surface area contributed by atoms with Gasteiger partial charge in [-0.3, -0.25) is 0 Å². The zero-order valence-corrected chi connectivity index (χ0v) is 21.9. The van der Waals surface area contributed by atoms with E-state index < -0.39 is 0 Å². The highest BCUT2D eigenvalue weighted by molar-refractivity contribution is 9.10. The fourth-order valence-electron chi connectivity index (χ4n) is 2.80. The number of benzene rings is 2. The Hall–Kier alpha value is -0.690. The molecular formula is C23H31BrCl3NO3. The van der Waals surface area contributed by atoms with Gasteiger partial charge in [-0.15, -0.1) is 12.4 Å². The molecule has 0 saturated carbocycles. The molecule has 0 aliphatic carbocycles. The number of rotatable bonds is 14. The van der Waals surface area contributed by atoms with Gasteiger partial charge in [-0.2, -0.15) is 0 Å². The van der Waals surface area contributed by atoms with E-state index >= 15 is 0 Å². The molecule has 0 bridgehead atoms. The summed E-state index contributed by atoms with van der Waals surface area (Å²) >= 11 is 15.8. The Labute approximate surface area is 210 Å². The molecule has 1 N–H and O–H groups in total. The van der Waals surface area contributed by atoms with Gasteiger partial charge in [0.25, 0.3) is 0 Å². The van der Waals surface area contributed by atoms with E-state index in [-0.39, 0.29) is 12.4 Å². The van der Waals surface area contributed by atoms with Gasteiger partial charge in [0.2, 0.25) is 0 Å². The van der Waals surface area contributed by atoms with E-state index in [1.807, 2.05) is 25.1 Å². The summed E-state index contributed by atoms with van der Waals surface area (Å²) in [5.74, 6) is 1.37. The first-order valence-corrected chi connectivity index (χ1v) is 11.9. The van der Waals surface area contributed by atoms with Crippen LogP contribution in [0.25, 0.3) is 0 Å². The monoisotopic (exact) mass is 553 g/mol. The molecule has 4 nitrogen and oxygen atoms in total. The number of unbranched alkanes of at least 4 members (excludes halogenated alkanes) is 1. The number of hydrogen-bond donors (Lipinski definition) is 1. The molecule has 0 saturated heterocycles. The second-order valence-electron chi connectivity index (χ2n) is 6.86. The summed E-state index contributed by atoms with van der Waals surface area (Å²) in [4.78, 5) is 0. The van der Waals surface area contributed by atoms with Crippen LogP contribution in [-0.4, -0.2) is 26.4 Å². The molecular weight excluding hydrogens is 525 g/mol. The molecule has 0 radical (unpaired) electrons. The Kier molecular flexibility index (Phi) is 14.6. The van der Waals surface area contributed by atoms with Crippen molar-refractivity contribution in [2.24, 2.45) is 0 Å². The molecule has 31 heavy (non-hydrogen) atoms. The van der Waals surface area contributed by atoms with Gasteiger partial charge in [-0.05, 0) is 72.1 Å². The summed E-state index contributed by atoms with van der Waals surface area (Å²) in [6.45, 7) is 8.30. The summed E-state index contributed by atoms with van der Waals surface area (Å²) in [5, 5.41) is 4.63. The van der Waals surface area contributed by atoms with Crippen LogP contribution in [0.3, 0.4) is 0 Å². The smallest absolute Gasteiger partial charge is 0.175 e. The van der Waals surface area contributed by atoms with Gasteiger partial charge in [0, 0.05) is 35.4 Å². The molecule has 2 rings (SSSR count). The van der Waals surface area contributed by atoms with Gasteiger partial charge in [-0.1, -0.05) is 42.6 Å². The summed E-state index contributed by atoms with van der Waals surface area (Å²) in [6.07, 6.45) is 3.29. The maximum atomic E-state index is 6.26. The van der Waals surface area contributed by atoms with Crippen molar-refractivity contribution in [3.05, 3.63) is 56.0 Å². The predicted molar refractivity (Wildman–Crippen MR) is 135 cm³/mol. The highest BCUT2D eigenvalue weighted by Gasteiger charge is 2.13. The van der Waals surface area contributed by atoms with Gasteiger partial charge < -0.3 is 19.5 Å². The second kappa shape index (κ2) is 16.0. The van der Waals surface area contributed by atoms with Crippen LogP contribution in [0.2, 0.25) is 10.0 Å². The van der Waals surface area contributed by atoms with E-state index in [1.165, 1.54) is 6.42 Å². The van der Waals surface area contributed by atoms with E-state index in [0.29, 0.717) is 34.8 Å². The lowest BCUT2D eigenvalue weighted by Gasteiger charge is -2.16. The molecule has 2 aromatic carbocycles. The molecule has 0 aliphatic rings. The van der Waals surface area contributed by atoms with Crippen LogP contribution in [-0.2, 0) is 17.9 Å². The Morgan fingerprint density at radius 2 is 1.77 bits per heavy atom. The first-order chi connectivity index (χ1) is 14.5. The van der Waals surface area contributed by atoms with E-state index in [0.717, 1.165) is 54.7 Å². The van der Waals surface area contributed by atoms with E-state index in [4.69, 9.17) is 37.4 Å². The number of hydrogen-bond acceptors (Lipinski definition) is 4. The van der Waals surface area contributed by atoms with Gasteiger partial charge >= 0.3 is 0 Å². The standard InChI is InChI=1S/C23H30BrCl2NO3.ClH/c1-3-5-10-28-11-6-9-27-15-17-12-20(24)23(22(13-17)29-4-2)30-16-18-7-8-19(25)14-21(18)26;/h7-8,12-14,27H,3-6,9-11,15-16H2,1-2H3;1H. The fraction of sp³-hybridized carbons (Fsp3) is 0.478. The number of nitrogens with one attached hydrogen (secondary N) is 1. The highest BCUT2D eigenvalue weighted by Crippen LogP contribution is 2.38. The number of halogens is 4. The van der Waals surface area contributed by atoms with Crippen molar-refractivity contribution in [2.75, 3.05) is 26.4 Å². The first-order valence-electron chi connectivity index (χ1n) is 10.4. The SMILES string of the molecule is CCCCOCCCNCc1cc(Br)c(OCc2ccc(Cl)cc2Cl)c(OCC)c1.Cl. The average Bonchev–Trinajstić information content (AvgIpc) is 2.71. The minimum atomic E-state index is 0. The predicted octanol–water partition coefficient (Wildman–Crippen LogP) is 7.45. The topological polar surface area (TPSA) is 39.7 Å². The molecule has 0 fully saturated rings. The van der Waals surface area contributed by atoms with Crippen molar-refractivity contribution >= 4 is 51.5 Å². The first kappa shape index (κ1) is 28.3. The molecule has 0 amide bonds. The van der Waals surface area contributed by atoms with Crippen molar-refractivity contribution in [3.8, 4) is 11.5 Å². The van der Waals surface area contributed by atoms with Gasteiger partial charge in [0.1, 0.15) is 6.61 Å². The zero-order chi connectivity index (χ0) is 21.8. The minimum absolute atomic E-state index is 0. The molecule has 0 unspecified atom stereocenters. The van der Waals surface area contributed by atoms with Gasteiger partial charge in [0.05, 0.1) is 11.1 Å². The van der Waals surface area contributed by atoms with Crippen LogP contribution in [0.5, 0.6) is 11.5 Å². The summed E-state index contributed by atoms with van der Waals surface area (Å²) in [5.41, 5.74) is 1.98. The van der Waals surface area contributed by atoms with Gasteiger partial charge in [0.15, 0.2) is 11.5 Å². The third-order valence-corrected chi connectivity index (χ3v) is 5.55. The van der Waals surface area contributed by atoms with Crippen molar-refractivity contribution < 1.29 is 14.2 Å².